The third kappa shape index (κ3) is 4.40. The van der Waals surface area contributed by atoms with Crippen LogP contribution in [0.5, 0.6) is 0 Å². The van der Waals surface area contributed by atoms with Gasteiger partial charge in [0.05, 0.1) is 5.69 Å². The second kappa shape index (κ2) is 5.24. The van der Waals surface area contributed by atoms with Gasteiger partial charge in [0.1, 0.15) is 0 Å². The summed E-state index contributed by atoms with van der Waals surface area (Å²) < 4.78 is 0. The lowest BCUT2D eigenvalue weighted by Gasteiger charge is -2.28. The molecule has 0 spiro atoms. The van der Waals surface area contributed by atoms with Crippen LogP contribution in [0, 0.1) is 5.41 Å². The summed E-state index contributed by atoms with van der Waals surface area (Å²) in [6.45, 7) is 6.01. The molecule has 84 valence electrons. The van der Waals surface area contributed by atoms with E-state index in [0.717, 1.165) is 18.8 Å². The van der Waals surface area contributed by atoms with Gasteiger partial charge in [0.15, 0.2) is 0 Å². The highest BCUT2D eigenvalue weighted by Gasteiger charge is 2.18. The van der Waals surface area contributed by atoms with Gasteiger partial charge in [-0.3, -0.25) is 9.88 Å². The van der Waals surface area contributed by atoms with Gasteiger partial charge in [-0.15, -0.1) is 0 Å². The van der Waals surface area contributed by atoms with Crippen molar-refractivity contribution in [1.82, 2.24) is 9.88 Å². The van der Waals surface area contributed by atoms with E-state index in [0.29, 0.717) is 0 Å². The lowest BCUT2D eigenvalue weighted by molar-refractivity contribution is 0.112. The first-order valence-electron chi connectivity index (χ1n) is 5.23. The molecule has 0 bridgehead atoms. The molecular weight excluding hydrogens is 188 g/mol. The quantitative estimate of drug-likeness (QED) is 0.797. The topological polar surface area (TPSA) is 36.4 Å². The minimum atomic E-state index is -0.0521. The van der Waals surface area contributed by atoms with E-state index in [1.54, 1.807) is 6.20 Å². The number of aliphatic hydroxyl groups excluding tert-OH is 1. The fourth-order valence-corrected chi connectivity index (χ4v) is 1.60. The van der Waals surface area contributed by atoms with Crippen molar-refractivity contribution < 1.29 is 5.11 Å². The van der Waals surface area contributed by atoms with E-state index in [1.807, 2.05) is 25.2 Å². The number of aromatic nitrogens is 1. The SMILES string of the molecule is CN(Cc1ccccn1)CC(C)(C)CO. The molecule has 0 saturated heterocycles. The van der Waals surface area contributed by atoms with Gasteiger partial charge in [0.25, 0.3) is 0 Å². The Morgan fingerprint density at radius 2 is 2.13 bits per heavy atom. The van der Waals surface area contributed by atoms with E-state index in [2.05, 4.69) is 23.7 Å². The summed E-state index contributed by atoms with van der Waals surface area (Å²) in [7, 11) is 2.05. The molecule has 1 N–H and O–H groups in total. The van der Waals surface area contributed by atoms with Gasteiger partial charge < -0.3 is 5.11 Å². The van der Waals surface area contributed by atoms with Crippen LogP contribution >= 0.6 is 0 Å². The van der Waals surface area contributed by atoms with Gasteiger partial charge in [0.2, 0.25) is 0 Å². The fraction of sp³-hybridized carbons (Fsp3) is 0.583. The molecule has 0 aliphatic rings. The highest BCUT2D eigenvalue weighted by molar-refractivity contribution is 5.03. The molecule has 0 aliphatic carbocycles. The maximum atomic E-state index is 9.17. The Bertz CT molecular complexity index is 285. The van der Waals surface area contributed by atoms with E-state index in [4.69, 9.17) is 5.11 Å². The van der Waals surface area contributed by atoms with Crippen molar-refractivity contribution in [2.45, 2.75) is 20.4 Å². The first kappa shape index (κ1) is 12.1. The highest BCUT2D eigenvalue weighted by atomic mass is 16.3. The van der Waals surface area contributed by atoms with E-state index >= 15 is 0 Å². The first-order valence-corrected chi connectivity index (χ1v) is 5.23. The summed E-state index contributed by atoms with van der Waals surface area (Å²) in [5, 5.41) is 9.17. The minimum Gasteiger partial charge on any atom is -0.396 e. The first-order chi connectivity index (χ1) is 7.03. The standard InChI is InChI=1S/C12H20N2O/c1-12(2,10-15)9-14(3)8-11-6-4-5-7-13-11/h4-7,15H,8-10H2,1-3H3. The number of aliphatic hydroxyl groups is 1. The van der Waals surface area contributed by atoms with Gasteiger partial charge in [-0.05, 0) is 19.2 Å². The lowest BCUT2D eigenvalue weighted by atomic mass is 9.94. The van der Waals surface area contributed by atoms with Crippen molar-refractivity contribution in [3.05, 3.63) is 30.1 Å². The van der Waals surface area contributed by atoms with Gasteiger partial charge in [-0.2, -0.15) is 0 Å². The van der Waals surface area contributed by atoms with Gasteiger partial charge in [-0.1, -0.05) is 19.9 Å². The monoisotopic (exact) mass is 208 g/mol. The number of pyridine rings is 1. The lowest BCUT2D eigenvalue weighted by Crippen LogP contribution is -2.33. The number of hydrogen-bond acceptors (Lipinski definition) is 3. The molecule has 0 unspecified atom stereocenters. The van der Waals surface area contributed by atoms with Crippen LogP contribution in [0.25, 0.3) is 0 Å². The molecule has 1 aromatic rings. The average molecular weight is 208 g/mol. The van der Waals surface area contributed by atoms with Crippen LogP contribution in [0.4, 0.5) is 0 Å². The van der Waals surface area contributed by atoms with Crippen LogP contribution in [-0.2, 0) is 6.54 Å². The van der Waals surface area contributed by atoms with Crippen molar-refractivity contribution in [3.8, 4) is 0 Å². The summed E-state index contributed by atoms with van der Waals surface area (Å²) in [6.07, 6.45) is 1.81. The number of nitrogens with zero attached hydrogens (tertiary/aromatic N) is 2. The fourth-order valence-electron chi connectivity index (χ4n) is 1.60. The molecule has 0 aromatic carbocycles. The van der Waals surface area contributed by atoms with E-state index in [9.17, 15) is 0 Å². The highest BCUT2D eigenvalue weighted by Crippen LogP contribution is 2.15. The largest absolute Gasteiger partial charge is 0.396 e. The normalized spacial score (nSPS) is 12.1. The molecule has 1 heterocycles. The number of rotatable bonds is 5. The second-order valence-corrected chi connectivity index (χ2v) is 4.82. The molecule has 0 atom stereocenters. The van der Waals surface area contributed by atoms with Crippen molar-refractivity contribution in [3.63, 3.8) is 0 Å². The molecular formula is C12H20N2O. The van der Waals surface area contributed by atoms with Gasteiger partial charge >= 0.3 is 0 Å². The minimum absolute atomic E-state index is 0.0521. The van der Waals surface area contributed by atoms with Crippen molar-refractivity contribution in [1.29, 1.82) is 0 Å². The smallest absolute Gasteiger partial charge is 0.0543 e. The maximum Gasteiger partial charge on any atom is 0.0543 e. The Labute approximate surface area is 91.8 Å². The van der Waals surface area contributed by atoms with E-state index in [1.165, 1.54) is 0 Å². The molecule has 0 radical (unpaired) electrons. The third-order valence-electron chi connectivity index (χ3n) is 2.28. The summed E-state index contributed by atoms with van der Waals surface area (Å²) in [5.74, 6) is 0. The van der Waals surface area contributed by atoms with Crippen LogP contribution in [0.15, 0.2) is 24.4 Å². The summed E-state index contributed by atoms with van der Waals surface area (Å²) in [6, 6.07) is 5.93. The zero-order chi connectivity index (χ0) is 11.3. The summed E-state index contributed by atoms with van der Waals surface area (Å²) in [5.41, 5.74) is 1.01. The van der Waals surface area contributed by atoms with Crippen molar-refractivity contribution in [2.24, 2.45) is 5.41 Å². The van der Waals surface area contributed by atoms with Crippen LogP contribution in [0.3, 0.4) is 0 Å². The Balaban J connectivity index is 2.46. The zero-order valence-electron chi connectivity index (χ0n) is 9.77. The molecule has 15 heavy (non-hydrogen) atoms. The summed E-state index contributed by atoms with van der Waals surface area (Å²) >= 11 is 0. The van der Waals surface area contributed by atoms with E-state index < -0.39 is 0 Å². The average Bonchev–Trinajstić information content (AvgIpc) is 2.18. The Morgan fingerprint density at radius 3 is 2.67 bits per heavy atom. The Hall–Kier alpha value is -0.930. The van der Waals surface area contributed by atoms with Crippen LogP contribution < -0.4 is 0 Å². The van der Waals surface area contributed by atoms with Gasteiger partial charge in [-0.25, -0.2) is 0 Å². The molecule has 0 saturated carbocycles. The molecule has 0 fully saturated rings. The van der Waals surface area contributed by atoms with Crippen molar-refractivity contribution in [2.75, 3.05) is 20.2 Å². The molecule has 3 nitrogen and oxygen atoms in total. The molecule has 1 aromatic heterocycles. The molecule has 3 heteroatoms. The maximum absolute atomic E-state index is 9.17. The Morgan fingerprint density at radius 1 is 1.40 bits per heavy atom. The Kier molecular flexibility index (Phi) is 4.24. The van der Waals surface area contributed by atoms with Crippen LogP contribution in [0.1, 0.15) is 19.5 Å². The van der Waals surface area contributed by atoms with Gasteiger partial charge in [0, 0.05) is 31.3 Å². The summed E-state index contributed by atoms with van der Waals surface area (Å²) in [4.78, 5) is 6.45. The predicted molar refractivity (Wildman–Crippen MR) is 61.4 cm³/mol. The van der Waals surface area contributed by atoms with Crippen LogP contribution in [-0.4, -0.2) is 35.2 Å². The number of hydrogen-bond donors (Lipinski definition) is 1. The molecule has 0 aliphatic heterocycles. The molecule has 0 amide bonds. The second-order valence-electron chi connectivity index (χ2n) is 4.82. The predicted octanol–water partition coefficient (Wildman–Crippen LogP) is 1.53. The van der Waals surface area contributed by atoms with Crippen molar-refractivity contribution >= 4 is 0 Å². The zero-order valence-corrected chi connectivity index (χ0v) is 9.77. The van der Waals surface area contributed by atoms with Crippen LogP contribution in [0.2, 0.25) is 0 Å². The molecule has 1 rings (SSSR count). The van der Waals surface area contributed by atoms with E-state index in [-0.39, 0.29) is 12.0 Å². The third-order valence-corrected chi connectivity index (χ3v) is 2.28.